The Morgan fingerprint density at radius 3 is 2.63 bits per heavy atom. The molecule has 9 nitrogen and oxygen atoms in total. The standard InChI is InChI=1S/C19H18ClN5O4S/c1-3-24-18(12-4-6-13(20)7-5-12)22-23-19(24)30-11-17(26)21-15-10-14(25(27)28)8-9-16(15)29-2/h4-10H,3,11H2,1-2H3,(H,21,26). The molecule has 1 amide bonds. The van der Waals surface area contributed by atoms with Gasteiger partial charge in [-0.15, -0.1) is 10.2 Å². The van der Waals surface area contributed by atoms with Gasteiger partial charge in [0.05, 0.1) is 23.5 Å². The van der Waals surface area contributed by atoms with Crippen molar-refractivity contribution in [1.29, 1.82) is 0 Å². The second-order valence-corrected chi connectivity index (χ2v) is 7.41. The number of nitro groups is 1. The second kappa shape index (κ2) is 9.59. The molecule has 11 heteroatoms. The third-order valence-corrected chi connectivity index (χ3v) is 5.35. The number of nitrogens with one attached hydrogen (secondary N) is 1. The Labute approximate surface area is 181 Å². The molecule has 3 rings (SSSR count). The van der Waals surface area contributed by atoms with E-state index in [-0.39, 0.29) is 23.0 Å². The molecule has 0 aliphatic rings. The number of hydrogen-bond donors (Lipinski definition) is 1. The van der Waals surface area contributed by atoms with E-state index in [0.29, 0.717) is 28.3 Å². The highest BCUT2D eigenvalue weighted by atomic mass is 35.5. The average molecular weight is 448 g/mol. The molecule has 0 aliphatic heterocycles. The third-order valence-electron chi connectivity index (χ3n) is 4.14. The fraction of sp³-hybridized carbons (Fsp3) is 0.211. The third kappa shape index (κ3) is 4.89. The summed E-state index contributed by atoms with van der Waals surface area (Å²) >= 11 is 7.16. The number of nitro benzene ring substituents is 1. The van der Waals surface area contributed by atoms with Gasteiger partial charge < -0.3 is 14.6 Å². The lowest BCUT2D eigenvalue weighted by Gasteiger charge is -2.10. The minimum absolute atomic E-state index is 0.0462. The van der Waals surface area contributed by atoms with Crippen molar-refractivity contribution in [3.05, 3.63) is 57.6 Å². The lowest BCUT2D eigenvalue weighted by Crippen LogP contribution is -2.15. The number of carbonyl (C=O) groups is 1. The molecular formula is C19H18ClN5O4S. The van der Waals surface area contributed by atoms with Gasteiger partial charge in [0.2, 0.25) is 5.91 Å². The summed E-state index contributed by atoms with van der Waals surface area (Å²) in [5.74, 6) is 0.709. The summed E-state index contributed by atoms with van der Waals surface area (Å²) < 4.78 is 7.06. The number of benzene rings is 2. The van der Waals surface area contributed by atoms with Crippen LogP contribution in [0.1, 0.15) is 6.92 Å². The van der Waals surface area contributed by atoms with E-state index >= 15 is 0 Å². The zero-order chi connectivity index (χ0) is 21.7. The van der Waals surface area contributed by atoms with Crippen LogP contribution in [0.25, 0.3) is 11.4 Å². The Morgan fingerprint density at radius 1 is 1.27 bits per heavy atom. The van der Waals surface area contributed by atoms with Crippen LogP contribution < -0.4 is 10.1 Å². The summed E-state index contributed by atoms with van der Waals surface area (Å²) in [6.45, 7) is 2.58. The Hall–Kier alpha value is -3.11. The second-order valence-electron chi connectivity index (χ2n) is 6.04. The first-order chi connectivity index (χ1) is 14.4. The van der Waals surface area contributed by atoms with E-state index in [1.807, 2.05) is 23.6 Å². The lowest BCUT2D eigenvalue weighted by molar-refractivity contribution is -0.384. The number of rotatable bonds is 8. The fourth-order valence-corrected chi connectivity index (χ4v) is 3.64. The number of non-ortho nitro benzene ring substituents is 1. The maximum absolute atomic E-state index is 12.4. The molecule has 0 radical (unpaired) electrons. The maximum atomic E-state index is 12.4. The smallest absolute Gasteiger partial charge is 0.271 e. The van der Waals surface area contributed by atoms with Crippen LogP contribution in [0.3, 0.4) is 0 Å². The number of methoxy groups -OCH3 is 1. The van der Waals surface area contributed by atoms with Crippen LogP contribution in [0, 0.1) is 10.1 Å². The van der Waals surface area contributed by atoms with Gasteiger partial charge in [-0.05, 0) is 37.3 Å². The first kappa shape index (κ1) is 21.6. The van der Waals surface area contributed by atoms with E-state index in [1.54, 1.807) is 12.1 Å². The van der Waals surface area contributed by atoms with Crippen molar-refractivity contribution in [1.82, 2.24) is 14.8 Å². The van der Waals surface area contributed by atoms with Gasteiger partial charge in [-0.25, -0.2) is 0 Å². The Balaban J connectivity index is 1.72. The van der Waals surface area contributed by atoms with Crippen LogP contribution in [0.4, 0.5) is 11.4 Å². The van der Waals surface area contributed by atoms with Crippen molar-refractivity contribution in [3.63, 3.8) is 0 Å². The first-order valence-corrected chi connectivity index (χ1v) is 10.2. The van der Waals surface area contributed by atoms with Gasteiger partial charge in [0.15, 0.2) is 11.0 Å². The predicted molar refractivity (Wildman–Crippen MR) is 115 cm³/mol. The monoisotopic (exact) mass is 447 g/mol. The van der Waals surface area contributed by atoms with Crippen LogP contribution in [0.5, 0.6) is 5.75 Å². The van der Waals surface area contributed by atoms with Crippen LogP contribution in [0.2, 0.25) is 5.02 Å². The Morgan fingerprint density at radius 2 is 2.00 bits per heavy atom. The number of anilines is 1. The van der Waals surface area contributed by atoms with Crippen molar-refractivity contribution in [2.75, 3.05) is 18.2 Å². The molecular weight excluding hydrogens is 430 g/mol. The molecule has 0 saturated heterocycles. The van der Waals surface area contributed by atoms with E-state index in [1.165, 1.54) is 37.1 Å². The fourth-order valence-electron chi connectivity index (χ4n) is 2.72. The molecule has 0 aliphatic carbocycles. The van der Waals surface area contributed by atoms with Gasteiger partial charge in [-0.1, -0.05) is 23.4 Å². The van der Waals surface area contributed by atoms with E-state index in [4.69, 9.17) is 16.3 Å². The number of carbonyl (C=O) groups excluding carboxylic acids is 1. The number of amides is 1. The van der Waals surface area contributed by atoms with Gasteiger partial charge in [-0.2, -0.15) is 0 Å². The van der Waals surface area contributed by atoms with Crippen molar-refractivity contribution >= 4 is 40.6 Å². The minimum atomic E-state index is -0.536. The number of ether oxygens (including phenoxy) is 1. The number of halogens is 1. The Bertz CT molecular complexity index is 1070. The molecule has 0 unspecified atom stereocenters. The highest BCUT2D eigenvalue weighted by Gasteiger charge is 2.17. The number of nitrogens with zero attached hydrogens (tertiary/aromatic N) is 4. The topological polar surface area (TPSA) is 112 Å². The Kier molecular flexibility index (Phi) is 6.91. The molecule has 3 aromatic rings. The highest BCUT2D eigenvalue weighted by Crippen LogP contribution is 2.30. The van der Waals surface area contributed by atoms with E-state index in [0.717, 1.165) is 5.56 Å². The van der Waals surface area contributed by atoms with Crippen LogP contribution in [-0.4, -0.2) is 38.5 Å². The molecule has 1 aromatic heterocycles. The van der Waals surface area contributed by atoms with E-state index in [9.17, 15) is 14.9 Å². The first-order valence-electron chi connectivity index (χ1n) is 8.87. The van der Waals surface area contributed by atoms with Crippen molar-refractivity contribution in [2.45, 2.75) is 18.6 Å². The normalized spacial score (nSPS) is 10.6. The van der Waals surface area contributed by atoms with Gasteiger partial charge in [0, 0.05) is 29.3 Å². The van der Waals surface area contributed by atoms with Crippen molar-refractivity contribution in [3.8, 4) is 17.1 Å². The SMILES string of the molecule is CCn1c(SCC(=O)Nc2cc([N+](=O)[O-])ccc2OC)nnc1-c1ccc(Cl)cc1. The molecule has 1 heterocycles. The quantitative estimate of drug-likeness (QED) is 0.311. The maximum Gasteiger partial charge on any atom is 0.271 e. The van der Waals surface area contributed by atoms with Crippen LogP contribution >= 0.6 is 23.4 Å². The van der Waals surface area contributed by atoms with Gasteiger partial charge in [0.25, 0.3) is 5.69 Å². The molecule has 0 fully saturated rings. The van der Waals surface area contributed by atoms with Crippen LogP contribution in [0.15, 0.2) is 47.6 Å². The summed E-state index contributed by atoms with van der Waals surface area (Å²) in [7, 11) is 1.42. The number of hydrogen-bond acceptors (Lipinski definition) is 7. The molecule has 30 heavy (non-hydrogen) atoms. The molecule has 0 saturated carbocycles. The van der Waals surface area contributed by atoms with Crippen molar-refractivity contribution < 1.29 is 14.5 Å². The zero-order valence-electron chi connectivity index (χ0n) is 16.2. The van der Waals surface area contributed by atoms with E-state index in [2.05, 4.69) is 15.5 Å². The van der Waals surface area contributed by atoms with Crippen LogP contribution in [-0.2, 0) is 11.3 Å². The number of thioether (sulfide) groups is 1. The van der Waals surface area contributed by atoms with Gasteiger partial charge in [0.1, 0.15) is 5.75 Å². The molecule has 0 atom stereocenters. The molecule has 1 N–H and O–H groups in total. The molecule has 0 spiro atoms. The lowest BCUT2D eigenvalue weighted by atomic mass is 10.2. The van der Waals surface area contributed by atoms with Gasteiger partial charge in [-0.3, -0.25) is 14.9 Å². The summed E-state index contributed by atoms with van der Waals surface area (Å²) in [6.07, 6.45) is 0. The summed E-state index contributed by atoms with van der Waals surface area (Å²) in [4.78, 5) is 22.9. The molecule has 2 aromatic carbocycles. The molecule has 156 valence electrons. The van der Waals surface area contributed by atoms with Gasteiger partial charge >= 0.3 is 0 Å². The van der Waals surface area contributed by atoms with E-state index < -0.39 is 4.92 Å². The summed E-state index contributed by atoms with van der Waals surface area (Å²) in [5.41, 5.74) is 0.958. The summed E-state index contributed by atoms with van der Waals surface area (Å²) in [6, 6.07) is 11.3. The largest absolute Gasteiger partial charge is 0.495 e. The highest BCUT2D eigenvalue weighted by molar-refractivity contribution is 7.99. The van der Waals surface area contributed by atoms with Crippen molar-refractivity contribution in [2.24, 2.45) is 0 Å². The minimum Gasteiger partial charge on any atom is -0.495 e. The molecule has 0 bridgehead atoms. The summed E-state index contributed by atoms with van der Waals surface area (Å²) in [5, 5.41) is 23.3. The average Bonchev–Trinajstić information content (AvgIpc) is 3.15. The number of aromatic nitrogens is 3. The predicted octanol–water partition coefficient (Wildman–Crippen LogP) is 4.27. The zero-order valence-corrected chi connectivity index (χ0v) is 17.7.